The van der Waals surface area contributed by atoms with Crippen molar-refractivity contribution in [2.75, 3.05) is 20.3 Å². The highest BCUT2D eigenvalue weighted by Gasteiger charge is 2.18. The summed E-state index contributed by atoms with van der Waals surface area (Å²) in [6.07, 6.45) is 0.789. The zero-order chi connectivity index (χ0) is 16.7. The maximum Gasteiger partial charge on any atom is 0.277 e. The molecule has 0 aliphatic carbocycles. The van der Waals surface area contributed by atoms with Crippen molar-refractivity contribution in [1.29, 1.82) is 0 Å². The molecule has 0 aliphatic heterocycles. The van der Waals surface area contributed by atoms with Crippen LogP contribution in [0.4, 0.5) is 0 Å². The van der Waals surface area contributed by atoms with Crippen molar-refractivity contribution >= 4 is 17.7 Å². The van der Waals surface area contributed by atoms with Crippen LogP contribution in [0.3, 0.4) is 0 Å². The summed E-state index contributed by atoms with van der Waals surface area (Å²) in [5.41, 5.74) is 1.97. The van der Waals surface area contributed by atoms with Gasteiger partial charge >= 0.3 is 0 Å². The van der Waals surface area contributed by atoms with Crippen molar-refractivity contribution in [3.05, 3.63) is 29.8 Å². The number of aryl methyl sites for hydroxylation is 1. The average molecular weight is 335 g/mol. The molecule has 1 heterocycles. The number of nitrogens with zero attached hydrogens (tertiary/aromatic N) is 2. The molecule has 0 spiro atoms. The molecule has 1 aromatic carbocycles. The van der Waals surface area contributed by atoms with Gasteiger partial charge in [0.15, 0.2) is 0 Å². The highest BCUT2D eigenvalue weighted by atomic mass is 32.2. The van der Waals surface area contributed by atoms with Gasteiger partial charge in [-0.2, -0.15) is 0 Å². The van der Waals surface area contributed by atoms with E-state index in [2.05, 4.69) is 15.5 Å². The summed E-state index contributed by atoms with van der Waals surface area (Å²) in [6.45, 7) is 5.03. The minimum atomic E-state index is -0.303. The Morgan fingerprint density at radius 3 is 2.91 bits per heavy atom. The van der Waals surface area contributed by atoms with Gasteiger partial charge in [-0.15, -0.1) is 10.2 Å². The van der Waals surface area contributed by atoms with Crippen molar-refractivity contribution in [2.24, 2.45) is 0 Å². The van der Waals surface area contributed by atoms with Gasteiger partial charge in [0.25, 0.3) is 5.22 Å². The lowest BCUT2D eigenvalue weighted by molar-refractivity contribution is -0.120. The molecule has 1 unspecified atom stereocenters. The number of carbonyl (C=O) groups excluding carboxylic acids is 1. The zero-order valence-corrected chi connectivity index (χ0v) is 14.4. The van der Waals surface area contributed by atoms with E-state index < -0.39 is 0 Å². The Kier molecular flexibility index (Phi) is 6.61. The quantitative estimate of drug-likeness (QED) is 0.590. The van der Waals surface area contributed by atoms with E-state index in [1.165, 1.54) is 11.8 Å². The molecule has 0 saturated carbocycles. The van der Waals surface area contributed by atoms with Crippen molar-refractivity contribution in [3.8, 4) is 11.5 Å². The van der Waals surface area contributed by atoms with Gasteiger partial charge in [-0.3, -0.25) is 4.79 Å². The summed E-state index contributed by atoms with van der Waals surface area (Å²) in [6, 6.07) is 7.81. The van der Waals surface area contributed by atoms with Gasteiger partial charge in [0, 0.05) is 25.8 Å². The Labute approximate surface area is 140 Å². The van der Waals surface area contributed by atoms with Gasteiger partial charge in [-0.05, 0) is 31.9 Å². The molecule has 2 rings (SSSR count). The fraction of sp³-hybridized carbons (Fsp3) is 0.438. The second-order valence-electron chi connectivity index (χ2n) is 5.09. The number of hydrogen-bond acceptors (Lipinski definition) is 6. The van der Waals surface area contributed by atoms with Crippen molar-refractivity contribution < 1.29 is 13.9 Å². The SMILES string of the molecule is COCCCNC(=O)C(C)Sc1nnc(-c2ccccc2C)o1. The van der Waals surface area contributed by atoms with E-state index >= 15 is 0 Å². The van der Waals surface area contributed by atoms with E-state index in [0.29, 0.717) is 24.3 Å². The molecule has 0 fully saturated rings. The minimum Gasteiger partial charge on any atom is -0.411 e. The number of nitrogens with one attached hydrogen (secondary N) is 1. The van der Waals surface area contributed by atoms with Crippen LogP contribution in [0.2, 0.25) is 0 Å². The second-order valence-corrected chi connectivity index (χ2v) is 6.38. The summed E-state index contributed by atoms with van der Waals surface area (Å²) in [7, 11) is 1.64. The van der Waals surface area contributed by atoms with Crippen LogP contribution in [0.15, 0.2) is 33.9 Å². The van der Waals surface area contributed by atoms with Gasteiger partial charge in [0.1, 0.15) is 0 Å². The molecule has 0 aliphatic rings. The van der Waals surface area contributed by atoms with Crippen LogP contribution in [0, 0.1) is 6.92 Å². The van der Waals surface area contributed by atoms with Gasteiger partial charge in [0.05, 0.1) is 5.25 Å². The Morgan fingerprint density at radius 2 is 2.17 bits per heavy atom. The predicted molar refractivity (Wildman–Crippen MR) is 89.3 cm³/mol. The lowest BCUT2D eigenvalue weighted by atomic mass is 10.1. The largest absolute Gasteiger partial charge is 0.411 e. The smallest absolute Gasteiger partial charge is 0.277 e. The minimum absolute atomic E-state index is 0.0539. The Bertz CT molecular complexity index is 645. The number of hydrogen-bond donors (Lipinski definition) is 1. The number of amides is 1. The normalized spacial score (nSPS) is 12.1. The molecule has 2 aromatic rings. The van der Waals surface area contributed by atoms with Gasteiger partial charge in [-0.1, -0.05) is 30.0 Å². The molecule has 23 heavy (non-hydrogen) atoms. The molecule has 6 nitrogen and oxygen atoms in total. The first kappa shape index (κ1) is 17.5. The number of ether oxygens (including phenoxy) is 1. The van der Waals surface area contributed by atoms with Crippen LogP contribution < -0.4 is 5.32 Å². The molecule has 1 amide bonds. The fourth-order valence-electron chi connectivity index (χ4n) is 1.96. The Hall–Kier alpha value is -1.86. The first-order chi connectivity index (χ1) is 11.1. The van der Waals surface area contributed by atoms with Gasteiger partial charge < -0.3 is 14.5 Å². The lowest BCUT2D eigenvalue weighted by Gasteiger charge is -2.09. The first-order valence-electron chi connectivity index (χ1n) is 7.44. The van der Waals surface area contributed by atoms with E-state index in [1.54, 1.807) is 7.11 Å². The number of methoxy groups -OCH3 is 1. The predicted octanol–water partition coefficient (Wildman–Crippen LogP) is 2.68. The number of benzene rings is 1. The maximum absolute atomic E-state index is 12.0. The molecule has 7 heteroatoms. The monoisotopic (exact) mass is 335 g/mol. The third-order valence-electron chi connectivity index (χ3n) is 3.25. The summed E-state index contributed by atoms with van der Waals surface area (Å²) in [4.78, 5) is 12.0. The zero-order valence-electron chi connectivity index (χ0n) is 13.5. The Balaban J connectivity index is 1.91. The van der Waals surface area contributed by atoms with Crippen molar-refractivity contribution in [1.82, 2.24) is 15.5 Å². The van der Waals surface area contributed by atoms with Gasteiger partial charge in [0.2, 0.25) is 11.8 Å². The van der Waals surface area contributed by atoms with E-state index in [1.807, 2.05) is 38.1 Å². The summed E-state index contributed by atoms with van der Waals surface area (Å²) in [5, 5.41) is 11.0. The summed E-state index contributed by atoms with van der Waals surface area (Å²) in [5.74, 6) is 0.417. The average Bonchev–Trinajstić information content (AvgIpc) is 3.00. The summed E-state index contributed by atoms with van der Waals surface area (Å²) < 4.78 is 10.6. The van der Waals surface area contributed by atoms with E-state index in [4.69, 9.17) is 9.15 Å². The molecule has 0 bridgehead atoms. The van der Waals surface area contributed by atoms with Crippen molar-refractivity contribution in [2.45, 2.75) is 30.7 Å². The first-order valence-corrected chi connectivity index (χ1v) is 8.32. The molecule has 124 valence electrons. The molecule has 1 N–H and O–H groups in total. The number of rotatable bonds is 8. The van der Waals surface area contributed by atoms with Crippen LogP contribution >= 0.6 is 11.8 Å². The van der Waals surface area contributed by atoms with E-state index in [-0.39, 0.29) is 11.2 Å². The van der Waals surface area contributed by atoms with Crippen LogP contribution in [0.5, 0.6) is 0 Å². The van der Waals surface area contributed by atoms with Crippen LogP contribution in [-0.2, 0) is 9.53 Å². The van der Waals surface area contributed by atoms with Crippen molar-refractivity contribution in [3.63, 3.8) is 0 Å². The molecule has 1 atom stereocenters. The number of carbonyl (C=O) groups is 1. The molecular formula is C16H21N3O3S. The highest BCUT2D eigenvalue weighted by Crippen LogP contribution is 2.27. The topological polar surface area (TPSA) is 77.2 Å². The van der Waals surface area contributed by atoms with Gasteiger partial charge in [-0.25, -0.2) is 0 Å². The van der Waals surface area contributed by atoms with E-state index in [9.17, 15) is 4.79 Å². The van der Waals surface area contributed by atoms with E-state index in [0.717, 1.165) is 17.5 Å². The Morgan fingerprint density at radius 1 is 1.39 bits per heavy atom. The third kappa shape index (κ3) is 5.07. The molecule has 0 radical (unpaired) electrons. The second kappa shape index (κ2) is 8.69. The molecular weight excluding hydrogens is 314 g/mol. The van der Waals surface area contributed by atoms with Crippen LogP contribution in [0.1, 0.15) is 18.9 Å². The van der Waals surface area contributed by atoms with Crippen LogP contribution in [-0.4, -0.2) is 41.6 Å². The van der Waals surface area contributed by atoms with Crippen LogP contribution in [0.25, 0.3) is 11.5 Å². The fourth-order valence-corrected chi connectivity index (χ4v) is 2.66. The maximum atomic E-state index is 12.0. The standard InChI is InChI=1S/C16H21N3O3S/c1-11-7-4-5-8-13(11)15-18-19-16(22-15)23-12(2)14(20)17-9-6-10-21-3/h4-5,7-8,12H,6,9-10H2,1-3H3,(H,17,20). The summed E-state index contributed by atoms with van der Waals surface area (Å²) >= 11 is 1.25. The number of thioether (sulfide) groups is 1. The number of aromatic nitrogens is 2. The highest BCUT2D eigenvalue weighted by molar-refractivity contribution is 8.00. The molecule has 1 aromatic heterocycles. The lowest BCUT2D eigenvalue weighted by Crippen LogP contribution is -2.32. The third-order valence-corrected chi connectivity index (χ3v) is 4.19. The molecule has 0 saturated heterocycles.